The van der Waals surface area contributed by atoms with Gasteiger partial charge >= 0.3 is 0 Å². The molecule has 30 heavy (non-hydrogen) atoms. The Labute approximate surface area is 176 Å². The lowest BCUT2D eigenvalue weighted by molar-refractivity contribution is -0.134. The van der Waals surface area contributed by atoms with E-state index in [0.29, 0.717) is 6.42 Å². The van der Waals surface area contributed by atoms with Gasteiger partial charge in [-0.05, 0) is 42.5 Å². The van der Waals surface area contributed by atoms with Gasteiger partial charge in [-0.3, -0.25) is 4.79 Å². The van der Waals surface area contributed by atoms with Gasteiger partial charge in [0, 0.05) is 18.3 Å². The van der Waals surface area contributed by atoms with Crippen molar-refractivity contribution in [3.05, 3.63) is 72.1 Å². The second-order valence-corrected chi connectivity index (χ2v) is 7.52. The van der Waals surface area contributed by atoms with Crippen LogP contribution in [0.5, 0.6) is 5.75 Å². The number of nitrogens with zero attached hydrogens (tertiary/aromatic N) is 3. The Kier molecular flexibility index (Phi) is 5.93. The Morgan fingerprint density at radius 1 is 1.17 bits per heavy atom. The van der Waals surface area contributed by atoms with E-state index < -0.39 is 0 Å². The van der Waals surface area contributed by atoms with Crippen molar-refractivity contribution in [3.8, 4) is 16.9 Å². The number of nitrogens with two attached hydrogens (primary N) is 1. The van der Waals surface area contributed by atoms with Crippen molar-refractivity contribution in [1.82, 2.24) is 14.9 Å². The van der Waals surface area contributed by atoms with Gasteiger partial charge in [-0.1, -0.05) is 42.5 Å². The first-order valence-corrected chi connectivity index (χ1v) is 10.3. The number of hydrogen-bond acceptors (Lipinski definition) is 5. The number of carbonyl (C=O) groups is 1. The van der Waals surface area contributed by atoms with Crippen molar-refractivity contribution in [3.63, 3.8) is 0 Å². The molecule has 0 radical (unpaired) electrons. The SMILES string of the molecule is COc1cccc(-c2cnc(N)nc2[C@@H]2CCCCN2C(=O)Cc2ccccc2)c1. The molecule has 6 heteroatoms. The number of piperidine rings is 1. The van der Waals surface area contributed by atoms with Crippen LogP contribution >= 0.6 is 0 Å². The van der Waals surface area contributed by atoms with E-state index in [1.165, 1.54) is 0 Å². The Bertz CT molecular complexity index is 1020. The summed E-state index contributed by atoms with van der Waals surface area (Å²) in [7, 11) is 1.64. The zero-order chi connectivity index (χ0) is 20.9. The van der Waals surface area contributed by atoms with E-state index in [-0.39, 0.29) is 17.9 Å². The smallest absolute Gasteiger partial charge is 0.227 e. The van der Waals surface area contributed by atoms with E-state index in [9.17, 15) is 4.79 Å². The number of carbonyl (C=O) groups excluding carboxylic acids is 1. The Morgan fingerprint density at radius 3 is 2.80 bits per heavy atom. The van der Waals surface area contributed by atoms with Gasteiger partial charge in [-0.15, -0.1) is 0 Å². The Morgan fingerprint density at radius 2 is 2.00 bits per heavy atom. The maximum atomic E-state index is 13.2. The van der Waals surface area contributed by atoms with Gasteiger partial charge in [-0.2, -0.15) is 0 Å². The molecule has 1 aromatic heterocycles. The summed E-state index contributed by atoms with van der Waals surface area (Å²) in [6.45, 7) is 0.720. The molecule has 1 aliphatic rings. The summed E-state index contributed by atoms with van der Waals surface area (Å²) in [5, 5.41) is 0. The van der Waals surface area contributed by atoms with Crippen LogP contribution in [0.2, 0.25) is 0 Å². The van der Waals surface area contributed by atoms with Crippen LogP contribution in [0.4, 0.5) is 5.95 Å². The largest absolute Gasteiger partial charge is 0.497 e. The summed E-state index contributed by atoms with van der Waals surface area (Å²) < 4.78 is 5.38. The van der Waals surface area contributed by atoms with Gasteiger partial charge in [0.25, 0.3) is 0 Å². The second-order valence-electron chi connectivity index (χ2n) is 7.52. The molecule has 0 saturated carbocycles. The van der Waals surface area contributed by atoms with E-state index in [1.807, 2.05) is 59.5 Å². The molecule has 0 unspecified atom stereocenters. The van der Waals surface area contributed by atoms with Crippen LogP contribution in [0.25, 0.3) is 11.1 Å². The molecule has 1 amide bonds. The van der Waals surface area contributed by atoms with Crippen LogP contribution in [0, 0.1) is 0 Å². The summed E-state index contributed by atoms with van der Waals surface area (Å²) in [5.74, 6) is 1.09. The highest BCUT2D eigenvalue weighted by atomic mass is 16.5. The lowest BCUT2D eigenvalue weighted by Gasteiger charge is -2.36. The van der Waals surface area contributed by atoms with E-state index in [0.717, 1.165) is 53.9 Å². The van der Waals surface area contributed by atoms with Crippen molar-refractivity contribution in [1.29, 1.82) is 0 Å². The minimum absolute atomic E-state index is 0.111. The third-order valence-corrected chi connectivity index (χ3v) is 5.55. The lowest BCUT2D eigenvalue weighted by atomic mass is 9.93. The summed E-state index contributed by atoms with van der Waals surface area (Å²) in [6, 6.07) is 17.5. The minimum atomic E-state index is -0.124. The van der Waals surface area contributed by atoms with Crippen molar-refractivity contribution < 1.29 is 9.53 Å². The monoisotopic (exact) mass is 402 g/mol. The lowest BCUT2D eigenvalue weighted by Crippen LogP contribution is -2.40. The van der Waals surface area contributed by atoms with Crippen LogP contribution < -0.4 is 10.5 Å². The molecular formula is C24H26N4O2. The van der Waals surface area contributed by atoms with Gasteiger partial charge in [0.15, 0.2) is 0 Å². The summed E-state index contributed by atoms with van der Waals surface area (Å²) >= 11 is 0. The highest BCUT2D eigenvalue weighted by Gasteiger charge is 2.31. The van der Waals surface area contributed by atoms with Crippen LogP contribution in [0.1, 0.15) is 36.6 Å². The normalized spacial score (nSPS) is 16.3. The molecule has 2 N–H and O–H groups in total. The van der Waals surface area contributed by atoms with E-state index in [1.54, 1.807) is 13.3 Å². The molecular weight excluding hydrogens is 376 g/mol. The first-order chi connectivity index (χ1) is 14.7. The number of hydrogen-bond donors (Lipinski definition) is 1. The summed E-state index contributed by atoms with van der Waals surface area (Å²) in [6.07, 6.45) is 5.02. The van der Waals surface area contributed by atoms with Crippen LogP contribution in [-0.2, 0) is 11.2 Å². The number of methoxy groups -OCH3 is 1. The van der Waals surface area contributed by atoms with E-state index in [4.69, 9.17) is 10.5 Å². The second kappa shape index (κ2) is 8.95. The fraction of sp³-hybridized carbons (Fsp3) is 0.292. The number of anilines is 1. The van der Waals surface area contributed by atoms with Gasteiger partial charge in [-0.25, -0.2) is 9.97 Å². The Balaban J connectivity index is 1.70. The van der Waals surface area contributed by atoms with Gasteiger partial charge < -0.3 is 15.4 Å². The number of aromatic nitrogens is 2. The molecule has 4 rings (SSSR count). The molecule has 154 valence electrons. The average Bonchev–Trinajstić information content (AvgIpc) is 2.79. The summed E-state index contributed by atoms with van der Waals surface area (Å²) in [5.41, 5.74) is 9.61. The van der Waals surface area contributed by atoms with E-state index in [2.05, 4.69) is 9.97 Å². The number of ether oxygens (including phenoxy) is 1. The average molecular weight is 402 g/mol. The predicted molar refractivity (Wildman–Crippen MR) is 117 cm³/mol. The third-order valence-electron chi connectivity index (χ3n) is 5.55. The van der Waals surface area contributed by atoms with Crippen molar-refractivity contribution in [2.45, 2.75) is 31.7 Å². The number of amides is 1. The van der Waals surface area contributed by atoms with E-state index >= 15 is 0 Å². The first kappa shape index (κ1) is 19.9. The molecule has 2 heterocycles. The maximum Gasteiger partial charge on any atom is 0.227 e. The molecule has 1 fully saturated rings. The molecule has 1 aliphatic heterocycles. The maximum absolute atomic E-state index is 13.2. The molecule has 6 nitrogen and oxygen atoms in total. The predicted octanol–water partition coefficient (Wildman–Crippen LogP) is 4.03. The Hall–Kier alpha value is -3.41. The molecule has 3 aromatic rings. The number of rotatable bonds is 5. The van der Waals surface area contributed by atoms with Gasteiger partial charge in [0.2, 0.25) is 11.9 Å². The fourth-order valence-electron chi connectivity index (χ4n) is 4.06. The first-order valence-electron chi connectivity index (χ1n) is 10.3. The topological polar surface area (TPSA) is 81.3 Å². The summed E-state index contributed by atoms with van der Waals surface area (Å²) in [4.78, 5) is 24.0. The molecule has 0 aliphatic carbocycles. The minimum Gasteiger partial charge on any atom is -0.497 e. The highest BCUT2D eigenvalue weighted by molar-refractivity contribution is 5.80. The van der Waals surface area contributed by atoms with Crippen LogP contribution in [0.3, 0.4) is 0 Å². The van der Waals surface area contributed by atoms with Crippen molar-refractivity contribution in [2.24, 2.45) is 0 Å². The van der Waals surface area contributed by atoms with Crippen LogP contribution in [0.15, 0.2) is 60.8 Å². The van der Waals surface area contributed by atoms with Crippen molar-refractivity contribution in [2.75, 3.05) is 19.4 Å². The standard InChI is InChI=1S/C24H26N4O2/c1-30-19-11-7-10-18(15-19)20-16-26-24(25)27-23(20)21-12-5-6-13-28(21)22(29)14-17-8-3-2-4-9-17/h2-4,7-11,15-16,21H,5-6,12-14H2,1H3,(H2,25,26,27)/t21-/m0/s1. The van der Waals surface area contributed by atoms with Gasteiger partial charge in [0.1, 0.15) is 5.75 Å². The van der Waals surface area contributed by atoms with Crippen molar-refractivity contribution >= 4 is 11.9 Å². The molecule has 1 saturated heterocycles. The quantitative estimate of drug-likeness (QED) is 0.697. The molecule has 2 aromatic carbocycles. The zero-order valence-corrected chi connectivity index (χ0v) is 17.1. The number of benzene rings is 2. The fourth-order valence-corrected chi connectivity index (χ4v) is 4.06. The number of nitrogen functional groups attached to an aromatic ring is 1. The molecule has 1 atom stereocenters. The zero-order valence-electron chi connectivity index (χ0n) is 17.1. The van der Waals surface area contributed by atoms with Gasteiger partial charge in [0.05, 0.1) is 25.3 Å². The molecule has 0 bridgehead atoms. The third kappa shape index (κ3) is 4.27. The number of likely N-dealkylation sites (tertiary alicyclic amines) is 1. The highest BCUT2D eigenvalue weighted by Crippen LogP contribution is 2.37. The van der Waals surface area contributed by atoms with Crippen LogP contribution in [-0.4, -0.2) is 34.4 Å². The molecule has 0 spiro atoms.